The topological polar surface area (TPSA) is 66.8 Å². The van der Waals surface area contributed by atoms with Crippen LogP contribution in [-0.4, -0.2) is 23.9 Å². The molecule has 0 bridgehead atoms. The van der Waals surface area contributed by atoms with Gasteiger partial charge in [0.1, 0.15) is 17.6 Å². The maximum absolute atomic E-state index is 13.1. The van der Waals surface area contributed by atoms with Gasteiger partial charge < -0.3 is 9.84 Å². The SMILES string of the molecule is COc1cc(/C(O)=C2/C(=O)C(=O)N(c3ccc(Cl)cc3)C2c2sccc2C)ccc1Cl. The van der Waals surface area contributed by atoms with Crippen molar-refractivity contribution in [3.8, 4) is 5.75 Å². The molecule has 0 aliphatic carbocycles. The molecule has 2 aromatic carbocycles. The van der Waals surface area contributed by atoms with Crippen LogP contribution in [-0.2, 0) is 9.59 Å². The number of benzene rings is 2. The van der Waals surface area contributed by atoms with Gasteiger partial charge in [0, 0.05) is 21.2 Å². The van der Waals surface area contributed by atoms with E-state index in [4.69, 9.17) is 27.9 Å². The fourth-order valence-electron chi connectivity index (χ4n) is 3.58. The highest BCUT2D eigenvalue weighted by Crippen LogP contribution is 2.45. The van der Waals surface area contributed by atoms with Crippen LogP contribution in [0.25, 0.3) is 5.76 Å². The van der Waals surface area contributed by atoms with Crippen LogP contribution in [0.5, 0.6) is 5.75 Å². The van der Waals surface area contributed by atoms with Gasteiger partial charge in [0.15, 0.2) is 0 Å². The number of amides is 1. The van der Waals surface area contributed by atoms with Gasteiger partial charge in [0.05, 0.1) is 17.7 Å². The molecule has 5 nitrogen and oxygen atoms in total. The molecular formula is C23H17Cl2NO4S. The summed E-state index contributed by atoms with van der Waals surface area (Å²) in [7, 11) is 1.46. The number of anilines is 1. The lowest BCUT2D eigenvalue weighted by molar-refractivity contribution is -0.132. The number of ether oxygens (including phenoxy) is 1. The molecule has 4 rings (SSSR count). The minimum Gasteiger partial charge on any atom is -0.507 e. The Morgan fingerprint density at radius 2 is 1.81 bits per heavy atom. The fourth-order valence-corrected chi connectivity index (χ4v) is 4.92. The van der Waals surface area contributed by atoms with Crippen molar-refractivity contribution in [2.24, 2.45) is 0 Å². The lowest BCUT2D eigenvalue weighted by atomic mass is 9.98. The van der Waals surface area contributed by atoms with Gasteiger partial charge in [-0.3, -0.25) is 14.5 Å². The van der Waals surface area contributed by atoms with Gasteiger partial charge in [-0.2, -0.15) is 0 Å². The smallest absolute Gasteiger partial charge is 0.300 e. The molecule has 0 radical (unpaired) electrons. The van der Waals surface area contributed by atoms with Gasteiger partial charge in [0.25, 0.3) is 11.7 Å². The summed E-state index contributed by atoms with van der Waals surface area (Å²) in [5, 5.41) is 13.9. The summed E-state index contributed by atoms with van der Waals surface area (Å²) in [4.78, 5) is 28.4. The van der Waals surface area contributed by atoms with E-state index in [-0.39, 0.29) is 11.3 Å². The molecule has 1 unspecified atom stereocenters. The number of aryl methyl sites for hydroxylation is 1. The Balaban J connectivity index is 1.95. The molecule has 0 saturated carbocycles. The van der Waals surface area contributed by atoms with Crippen LogP contribution in [0, 0.1) is 6.92 Å². The molecule has 1 aliphatic rings. The quantitative estimate of drug-likeness (QED) is 0.286. The predicted octanol–water partition coefficient (Wildman–Crippen LogP) is 6.00. The minimum atomic E-state index is -0.775. The van der Waals surface area contributed by atoms with Crippen molar-refractivity contribution in [3.63, 3.8) is 0 Å². The predicted molar refractivity (Wildman–Crippen MR) is 123 cm³/mol. The molecule has 1 amide bonds. The summed E-state index contributed by atoms with van der Waals surface area (Å²) in [5.74, 6) is -1.43. The van der Waals surface area contributed by atoms with Crippen molar-refractivity contribution in [2.75, 3.05) is 12.0 Å². The lowest BCUT2D eigenvalue weighted by Crippen LogP contribution is -2.29. The van der Waals surface area contributed by atoms with Crippen LogP contribution in [0.3, 0.4) is 0 Å². The summed E-state index contributed by atoms with van der Waals surface area (Å²) < 4.78 is 5.23. The highest BCUT2D eigenvalue weighted by atomic mass is 35.5. The van der Waals surface area contributed by atoms with Crippen LogP contribution in [0.2, 0.25) is 10.0 Å². The van der Waals surface area contributed by atoms with Crippen LogP contribution in [0.15, 0.2) is 59.5 Å². The van der Waals surface area contributed by atoms with Gasteiger partial charge in [0.2, 0.25) is 0 Å². The molecule has 1 N–H and O–H groups in total. The van der Waals surface area contributed by atoms with Gasteiger partial charge in [-0.25, -0.2) is 0 Å². The number of aliphatic hydroxyl groups excluding tert-OH is 1. The molecule has 2 heterocycles. The average molecular weight is 474 g/mol. The number of Topliss-reactive ketones (excluding diaryl/α,β-unsaturated/α-hetero) is 1. The van der Waals surface area contributed by atoms with Gasteiger partial charge in [-0.1, -0.05) is 23.2 Å². The normalized spacial score (nSPS) is 17.9. The van der Waals surface area contributed by atoms with E-state index in [1.54, 1.807) is 36.4 Å². The molecular weight excluding hydrogens is 457 g/mol. The molecule has 1 aliphatic heterocycles. The van der Waals surface area contributed by atoms with Crippen molar-refractivity contribution < 1.29 is 19.4 Å². The molecule has 1 aromatic heterocycles. The molecule has 31 heavy (non-hydrogen) atoms. The van der Waals surface area contributed by atoms with E-state index >= 15 is 0 Å². The molecule has 1 fully saturated rings. The number of halogens is 2. The minimum absolute atomic E-state index is 0.00914. The Labute approximate surface area is 193 Å². The zero-order chi connectivity index (χ0) is 22.3. The zero-order valence-corrected chi connectivity index (χ0v) is 18.9. The van der Waals surface area contributed by atoms with Gasteiger partial charge in [-0.05, 0) is 66.4 Å². The van der Waals surface area contributed by atoms with E-state index in [0.717, 1.165) is 10.4 Å². The third kappa shape index (κ3) is 3.71. The Kier molecular flexibility index (Phi) is 5.79. The molecule has 1 saturated heterocycles. The monoisotopic (exact) mass is 473 g/mol. The molecule has 158 valence electrons. The first-order chi connectivity index (χ1) is 14.8. The first kappa shape index (κ1) is 21.4. The van der Waals surface area contributed by atoms with Crippen LogP contribution >= 0.6 is 34.5 Å². The summed E-state index contributed by atoms with van der Waals surface area (Å²) in [6, 6.07) is 12.5. The number of rotatable bonds is 4. The number of methoxy groups -OCH3 is 1. The first-order valence-corrected chi connectivity index (χ1v) is 10.9. The average Bonchev–Trinajstić information content (AvgIpc) is 3.29. The largest absolute Gasteiger partial charge is 0.507 e. The third-order valence-electron chi connectivity index (χ3n) is 5.12. The molecule has 3 aromatic rings. The van der Waals surface area contributed by atoms with Crippen molar-refractivity contribution in [3.05, 3.63) is 85.5 Å². The summed E-state index contributed by atoms with van der Waals surface area (Å²) in [6.07, 6.45) is 0. The van der Waals surface area contributed by atoms with Crippen molar-refractivity contribution >= 4 is 57.7 Å². The maximum Gasteiger partial charge on any atom is 0.300 e. The van der Waals surface area contributed by atoms with E-state index in [9.17, 15) is 14.7 Å². The highest BCUT2D eigenvalue weighted by Gasteiger charge is 2.47. The zero-order valence-electron chi connectivity index (χ0n) is 16.6. The van der Waals surface area contributed by atoms with Crippen molar-refractivity contribution in [1.29, 1.82) is 0 Å². The molecule has 0 spiro atoms. The Morgan fingerprint density at radius 1 is 1.10 bits per heavy atom. The second kappa shape index (κ2) is 8.38. The van der Waals surface area contributed by atoms with Crippen LogP contribution in [0.4, 0.5) is 5.69 Å². The molecule has 8 heteroatoms. The standard InChI is InChI=1S/C23H17Cl2NO4S/c1-12-9-10-31-22(12)19-18(20(27)13-3-8-16(25)17(11-13)30-2)21(28)23(29)26(19)15-6-4-14(24)5-7-15/h3-11,19,27H,1-2H3/b20-18-. The summed E-state index contributed by atoms with van der Waals surface area (Å²) >= 11 is 13.5. The van der Waals surface area contributed by atoms with Gasteiger partial charge in [-0.15, -0.1) is 11.3 Å². The van der Waals surface area contributed by atoms with E-state index in [1.807, 2.05) is 18.4 Å². The summed E-state index contributed by atoms with van der Waals surface area (Å²) in [6.45, 7) is 1.90. The Morgan fingerprint density at radius 3 is 2.42 bits per heavy atom. The van der Waals surface area contributed by atoms with Crippen LogP contribution < -0.4 is 9.64 Å². The maximum atomic E-state index is 13.1. The number of hydrogen-bond acceptors (Lipinski definition) is 5. The van der Waals surface area contributed by atoms with E-state index in [1.165, 1.54) is 29.4 Å². The number of nitrogens with zero attached hydrogens (tertiary/aromatic N) is 1. The number of hydrogen-bond donors (Lipinski definition) is 1. The Bertz CT molecular complexity index is 1220. The second-order valence-corrected chi connectivity index (χ2v) is 8.75. The molecule has 1 atom stereocenters. The van der Waals surface area contributed by atoms with Gasteiger partial charge >= 0.3 is 0 Å². The fraction of sp³-hybridized carbons (Fsp3) is 0.130. The van der Waals surface area contributed by atoms with E-state index in [0.29, 0.717) is 27.0 Å². The number of carbonyl (C=O) groups is 2. The third-order valence-corrected chi connectivity index (χ3v) is 6.76. The number of carbonyl (C=O) groups excluding carboxylic acids is 2. The van der Waals surface area contributed by atoms with E-state index in [2.05, 4.69) is 0 Å². The van der Waals surface area contributed by atoms with Crippen LogP contribution in [0.1, 0.15) is 22.0 Å². The second-order valence-electron chi connectivity index (χ2n) is 6.96. The van der Waals surface area contributed by atoms with Crippen molar-refractivity contribution in [2.45, 2.75) is 13.0 Å². The lowest BCUT2D eigenvalue weighted by Gasteiger charge is -2.25. The highest BCUT2D eigenvalue weighted by molar-refractivity contribution is 7.10. The van der Waals surface area contributed by atoms with Crippen molar-refractivity contribution in [1.82, 2.24) is 0 Å². The van der Waals surface area contributed by atoms with E-state index < -0.39 is 17.7 Å². The number of thiophene rings is 1. The number of ketones is 1. The number of aliphatic hydroxyl groups is 1. The first-order valence-electron chi connectivity index (χ1n) is 9.28. The summed E-state index contributed by atoms with van der Waals surface area (Å²) in [5.41, 5.74) is 1.76. The Hall–Kier alpha value is -2.80.